The fraction of sp³-hybridized carbons (Fsp3) is 0.500. The monoisotopic (exact) mass is 343 g/mol. The number of carboxylic acids is 1. The maximum atomic E-state index is 12.3. The maximum Gasteiger partial charge on any atom is 0.387 e. The van der Waals surface area contributed by atoms with Gasteiger partial charge in [0.2, 0.25) is 5.91 Å². The Hall–Kier alpha value is -2.22. The van der Waals surface area contributed by atoms with Gasteiger partial charge < -0.3 is 19.5 Å². The molecule has 0 radical (unpaired) electrons. The van der Waals surface area contributed by atoms with Crippen LogP contribution >= 0.6 is 0 Å². The Morgan fingerprint density at radius 3 is 2.54 bits per heavy atom. The van der Waals surface area contributed by atoms with Crippen LogP contribution in [0.4, 0.5) is 8.78 Å². The van der Waals surface area contributed by atoms with Gasteiger partial charge in [-0.2, -0.15) is 8.78 Å². The fourth-order valence-electron chi connectivity index (χ4n) is 2.79. The molecule has 1 N–H and O–H groups in total. The minimum Gasteiger partial charge on any atom is -0.481 e. The summed E-state index contributed by atoms with van der Waals surface area (Å²) in [6.45, 7) is -2.40. The van der Waals surface area contributed by atoms with Gasteiger partial charge in [-0.05, 0) is 24.1 Å². The van der Waals surface area contributed by atoms with Crippen LogP contribution in [0.3, 0.4) is 0 Å². The van der Waals surface area contributed by atoms with Gasteiger partial charge in [0.05, 0.1) is 13.0 Å². The first-order valence-electron chi connectivity index (χ1n) is 7.40. The minimum absolute atomic E-state index is 0.0207. The van der Waals surface area contributed by atoms with Crippen molar-refractivity contribution in [1.82, 2.24) is 4.90 Å². The van der Waals surface area contributed by atoms with E-state index in [9.17, 15) is 23.5 Å². The summed E-state index contributed by atoms with van der Waals surface area (Å²) < 4.78 is 33.4. The third-order valence-corrected chi connectivity index (χ3v) is 4.08. The highest BCUT2D eigenvalue weighted by Crippen LogP contribution is 2.31. The first-order valence-corrected chi connectivity index (χ1v) is 7.40. The predicted molar refractivity (Wildman–Crippen MR) is 79.9 cm³/mol. The summed E-state index contributed by atoms with van der Waals surface area (Å²) in [5, 5.41) is 9.39. The van der Waals surface area contributed by atoms with Gasteiger partial charge in [-0.15, -0.1) is 0 Å². The molecule has 1 saturated heterocycles. The lowest BCUT2D eigenvalue weighted by Crippen LogP contribution is -2.40. The topological polar surface area (TPSA) is 76.1 Å². The molecule has 6 nitrogen and oxygen atoms in total. The standard InChI is InChI=1S/C16H19F2NO5/c1-23-10-16(14(21)22)6-7-19(9-16)13(20)8-11-2-4-12(5-3-11)24-15(17)18/h2-5,15H,6-10H2,1H3,(H,21,22). The van der Waals surface area contributed by atoms with E-state index in [2.05, 4.69) is 4.74 Å². The number of alkyl halides is 2. The molecule has 0 saturated carbocycles. The van der Waals surface area contributed by atoms with E-state index in [0.29, 0.717) is 18.5 Å². The van der Waals surface area contributed by atoms with Crippen molar-refractivity contribution < 1.29 is 33.0 Å². The SMILES string of the molecule is COCC1(C(=O)O)CCN(C(=O)Cc2ccc(OC(F)F)cc2)C1. The van der Waals surface area contributed by atoms with E-state index in [4.69, 9.17) is 4.74 Å². The molecular weight excluding hydrogens is 324 g/mol. The van der Waals surface area contributed by atoms with Crippen LogP contribution in [0.15, 0.2) is 24.3 Å². The van der Waals surface area contributed by atoms with Crippen molar-refractivity contribution in [2.75, 3.05) is 26.8 Å². The summed E-state index contributed by atoms with van der Waals surface area (Å²) in [6.07, 6.45) is 0.403. The summed E-state index contributed by atoms with van der Waals surface area (Å²) in [7, 11) is 1.43. The number of methoxy groups -OCH3 is 1. The van der Waals surface area contributed by atoms with Gasteiger partial charge >= 0.3 is 12.6 Å². The summed E-state index contributed by atoms with van der Waals surface area (Å²) >= 11 is 0. The molecule has 1 fully saturated rings. The number of ether oxygens (including phenoxy) is 2. The molecule has 1 aromatic rings. The van der Waals surface area contributed by atoms with Crippen molar-refractivity contribution in [1.29, 1.82) is 0 Å². The smallest absolute Gasteiger partial charge is 0.387 e. The second-order valence-corrected chi connectivity index (χ2v) is 5.78. The highest BCUT2D eigenvalue weighted by atomic mass is 19.3. The van der Waals surface area contributed by atoms with Crippen LogP contribution in [0.5, 0.6) is 5.75 Å². The minimum atomic E-state index is -2.90. The zero-order valence-corrected chi connectivity index (χ0v) is 13.2. The van der Waals surface area contributed by atoms with Crippen molar-refractivity contribution in [2.24, 2.45) is 5.41 Å². The number of carbonyl (C=O) groups is 2. The van der Waals surface area contributed by atoms with E-state index in [0.717, 1.165) is 0 Å². The number of benzene rings is 1. The summed E-state index contributed by atoms with van der Waals surface area (Å²) in [5.41, 5.74) is -0.430. The molecule has 2 rings (SSSR count). The van der Waals surface area contributed by atoms with Crippen LogP contribution in [-0.4, -0.2) is 55.3 Å². The van der Waals surface area contributed by atoms with E-state index in [1.165, 1.54) is 36.3 Å². The number of aliphatic carboxylic acids is 1. The average Bonchev–Trinajstić information content (AvgIpc) is 2.95. The molecule has 132 valence electrons. The fourth-order valence-corrected chi connectivity index (χ4v) is 2.79. The van der Waals surface area contributed by atoms with E-state index >= 15 is 0 Å². The Labute approximate surface area is 138 Å². The molecule has 0 aromatic heterocycles. The van der Waals surface area contributed by atoms with E-state index < -0.39 is 18.0 Å². The first kappa shape index (κ1) is 18.1. The Bertz CT molecular complexity index is 593. The number of carbonyl (C=O) groups excluding carboxylic acids is 1. The number of rotatable bonds is 7. The predicted octanol–water partition coefficient (Wildman–Crippen LogP) is 1.78. The molecule has 1 atom stereocenters. The van der Waals surface area contributed by atoms with Crippen LogP contribution in [0.25, 0.3) is 0 Å². The number of amides is 1. The number of likely N-dealkylation sites (tertiary alicyclic amines) is 1. The van der Waals surface area contributed by atoms with Gasteiger partial charge in [-0.3, -0.25) is 9.59 Å². The Morgan fingerprint density at radius 2 is 2.00 bits per heavy atom. The van der Waals surface area contributed by atoms with Crippen LogP contribution in [0.1, 0.15) is 12.0 Å². The van der Waals surface area contributed by atoms with Crippen molar-refractivity contribution in [2.45, 2.75) is 19.5 Å². The summed E-state index contributed by atoms with van der Waals surface area (Å²) in [6, 6.07) is 5.80. The van der Waals surface area contributed by atoms with E-state index in [1.54, 1.807) is 0 Å². The molecule has 24 heavy (non-hydrogen) atoms. The Kier molecular flexibility index (Phi) is 5.71. The highest BCUT2D eigenvalue weighted by Gasteiger charge is 2.46. The molecule has 0 aliphatic carbocycles. The van der Waals surface area contributed by atoms with Gasteiger partial charge in [0.25, 0.3) is 0 Å². The van der Waals surface area contributed by atoms with Crippen LogP contribution in [0.2, 0.25) is 0 Å². The lowest BCUT2D eigenvalue weighted by atomic mass is 9.88. The number of nitrogens with zero attached hydrogens (tertiary/aromatic N) is 1. The van der Waals surface area contributed by atoms with Crippen molar-refractivity contribution in [3.8, 4) is 5.75 Å². The average molecular weight is 343 g/mol. The molecule has 1 heterocycles. The lowest BCUT2D eigenvalue weighted by molar-refractivity contribution is -0.151. The highest BCUT2D eigenvalue weighted by molar-refractivity contribution is 5.82. The van der Waals surface area contributed by atoms with Gasteiger partial charge in [-0.1, -0.05) is 12.1 Å². The normalized spacial score (nSPS) is 20.4. The zero-order chi connectivity index (χ0) is 17.7. The van der Waals surface area contributed by atoms with Crippen LogP contribution < -0.4 is 4.74 Å². The Morgan fingerprint density at radius 1 is 1.33 bits per heavy atom. The molecule has 8 heteroatoms. The maximum absolute atomic E-state index is 12.3. The second-order valence-electron chi connectivity index (χ2n) is 5.78. The molecule has 1 aliphatic heterocycles. The first-order chi connectivity index (χ1) is 11.4. The number of hydrogen-bond donors (Lipinski definition) is 1. The van der Waals surface area contributed by atoms with Crippen molar-refractivity contribution >= 4 is 11.9 Å². The molecule has 1 aliphatic rings. The second kappa shape index (κ2) is 7.57. The quantitative estimate of drug-likeness (QED) is 0.817. The van der Waals surface area contributed by atoms with E-state index in [-0.39, 0.29) is 31.2 Å². The number of carboxylic acid groups (broad SMARTS) is 1. The van der Waals surface area contributed by atoms with Crippen LogP contribution in [0, 0.1) is 5.41 Å². The van der Waals surface area contributed by atoms with Gasteiger partial charge in [0, 0.05) is 20.2 Å². The molecule has 1 amide bonds. The van der Waals surface area contributed by atoms with Crippen molar-refractivity contribution in [3.63, 3.8) is 0 Å². The van der Waals surface area contributed by atoms with Gasteiger partial charge in [-0.25, -0.2) is 0 Å². The molecular formula is C16H19F2NO5. The molecule has 1 aromatic carbocycles. The van der Waals surface area contributed by atoms with Gasteiger partial charge in [0.15, 0.2) is 0 Å². The van der Waals surface area contributed by atoms with E-state index in [1.807, 2.05) is 0 Å². The molecule has 0 spiro atoms. The lowest BCUT2D eigenvalue weighted by Gasteiger charge is -2.23. The summed E-state index contributed by atoms with van der Waals surface area (Å²) in [5.74, 6) is -1.17. The largest absolute Gasteiger partial charge is 0.481 e. The summed E-state index contributed by atoms with van der Waals surface area (Å²) in [4.78, 5) is 25.3. The van der Waals surface area contributed by atoms with Crippen LogP contribution in [-0.2, 0) is 20.7 Å². The molecule has 0 bridgehead atoms. The molecule has 1 unspecified atom stereocenters. The third kappa shape index (κ3) is 4.19. The Balaban J connectivity index is 1.97. The number of halogens is 2. The third-order valence-electron chi connectivity index (χ3n) is 4.08. The number of hydrogen-bond acceptors (Lipinski definition) is 4. The van der Waals surface area contributed by atoms with Gasteiger partial charge in [0.1, 0.15) is 11.2 Å². The van der Waals surface area contributed by atoms with Crippen molar-refractivity contribution in [3.05, 3.63) is 29.8 Å². The zero-order valence-electron chi connectivity index (χ0n) is 13.2.